The van der Waals surface area contributed by atoms with Crippen molar-refractivity contribution in [1.29, 1.82) is 0 Å². The number of hydrogen-bond donors (Lipinski definition) is 1. The minimum Gasteiger partial charge on any atom is -0.477 e. The molecule has 1 aliphatic carbocycles. The first-order valence-electron chi connectivity index (χ1n) is 5.49. The van der Waals surface area contributed by atoms with Crippen LogP contribution in [0.15, 0.2) is 6.33 Å². The number of nitrogens with zero attached hydrogens (tertiary/aromatic N) is 2. The Kier molecular flexibility index (Phi) is 3.04. The van der Waals surface area contributed by atoms with Crippen molar-refractivity contribution in [2.75, 3.05) is 19.0 Å². The fourth-order valence-corrected chi connectivity index (χ4v) is 1.54. The van der Waals surface area contributed by atoms with E-state index in [1.165, 1.54) is 12.8 Å². The van der Waals surface area contributed by atoms with E-state index in [0.717, 1.165) is 36.2 Å². The van der Waals surface area contributed by atoms with Crippen LogP contribution in [0.4, 0.5) is 5.82 Å². The molecule has 0 amide bonds. The monoisotopic (exact) mass is 207 g/mol. The van der Waals surface area contributed by atoms with Gasteiger partial charge in [-0.05, 0) is 25.2 Å². The van der Waals surface area contributed by atoms with Gasteiger partial charge >= 0.3 is 0 Å². The van der Waals surface area contributed by atoms with Gasteiger partial charge in [-0.1, -0.05) is 6.92 Å². The summed E-state index contributed by atoms with van der Waals surface area (Å²) in [6.07, 6.45) is 5.03. The first-order valence-corrected chi connectivity index (χ1v) is 5.49. The minimum atomic E-state index is 0.740. The molecule has 1 aromatic rings. The number of aromatic nitrogens is 2. The largest absolute Gasteiger partial charge is 0.477 e. The average molecular weight is 207 g/mol. The van der Waals surface area contributed by atoms with Crippen LogP contribution in [0, 0.1) is 5.92 Å². The molecule has 4 nitrogen and oxygen atoms in total. The van der Waals surface area contributed by atoms with Crippen molar-refractivity contribution in [2.24, 2.45) is 5.92 Å². The highest BCUT2D eigenvalue weighted by atomic mass is 16.5. The third kappa shape index (κ3) is 2.37. The van der Waals surface area contributed by atoms with E-state index >= 15 is 0 Å². The predicted octanol–water partition coefficient (Wildman–Crippen LogP) is 1.87. The van der Waals surface area contributed by atoms with Crippen molar-refractivity contribution in [3.8, 4) is 5.88 Å². The van der Waals surface area contributed by atoms with Crippen molar-refractivity contribution in [2.45, 2.75) is 26.2 Å². The summed E-state index contributed by atoms with van der Waals surface area (Å²) in [5.41, 5.74) is 1.07. The second-order valence-corrected chi connectivity index (χ2v) is 3.86. The van der Waals surface area contributed by atoms with Gasteiger partial charge in [-0.25, -0.2) is 9.97 Å². The number of nitrogens with one attached hydrogen (secondary N) is 1. The lowest BCUT2D eigenvalue weighted by Gasteiger charge is -2.11. The Bertz CT molecular complexity index is 337. The highest BCUT2D eigenvalue weighted by molar-refractivity contribution is 5.48. The Morgan fingerprint density at radius 3 is 2.87 bits per heavy atom. The fraction of sp³-hybridized carbons (Fsp3) is 0.636. The molecular weight excluding hydrogens is 190 g/mol. The van der Waals surface area contributed by atoms with Gasteiger partial charge in [-0.2, -0.15) is 0 Å². The summed E-state index contributed by atoms with van der Waals surface area (Å²) in [6, 6.07) is 0. The number of rotatable bonds is 5. The van der Waals surface area contributed by atoms with Crippen LogP contribution in [0.5, 0.6) is 5.88 Å². The molecule has 1 saturated carbocycles. The van der Waals surface area contributed by atoms with Crippen molar-refractivity contribution >= 4 is 5.82 Å². The Balaban J connectivity index is 2.12. The summed E-state index contributed by atoms with van der Waals surface area (Å²) in [4.78, 5) is 8.35. The minimum absolute atomic E-state index is 0.740. The molecule has 4 heteroatoms. The van der Waals surface area contributed by atoms with Crippen molar-refractivity contribution in [3.05, 3.63) is 11.9 Å². The molecule has 0 atom stereocenters. The third-order valence-corrected chi connectivity index (χ3v) is 2.65. The summed E-state index contributed by atoms with van der Waals surface area (Å²) < 4.78 is 5.70. The van der Waals surface area contributed by atoms with E-state index in [4.69, 9.17) is 4.74 Å². The third-order valence-electron chi connectivity index (χ3n) is 2.65. The van der Waals surface area contributed by atoms with Gasteiger partial charge in [0.15, 0.2) is 0 Å². The second-order valence-electron chi connectivity index (χ2n) is 3.86. The summed E-state index contributed by atoms with van der Waals surface area (Å²) in [7, 11) is 1.87. The Morgan fingerprint density at radius 1 is 1.47 bits per heavy atom. The molecule has 1 N–H and O–H groups in total. The molecule has 15 heavy (non-hydrogen) atoms. The van der Waals surface area contributed by atoms with E-state index in [2.05, 4.69) is 22.2 Å². The average Bonchev–Trinajstić information content (AvgIpc) is 3.09. The van der Waals surface area contributed by atoms with Crippen LogP contribution in [0.1, 0.15) is 25.3 Å². The van der Waals surface area contributed by atoms with Crippen molar-refractivity contribution < 1.29 is 4.74 Å². The van der Waals surface area contributed by atoms with Crippen molar-refractivity contribution in [1.82, 2.24) is 9.97 Å². The van der Waals surface area contributed by atoms with E-state index in [-0.39, 0.29) is 0 Å². The summed E-state index contributed by atoms with van der Waals surface area (Å²) in [5.74, 6) is 2.37. The maximum absolute atomic E-state index is 5.70. The van der Waals surface area contributed by atoms with E-state index in [1.54, 1.807) is 6.33 Å². The molecule has 0 aliphatic heterocycles. The molecule has 0 radical (unpaired) electrons. The zero-order valence-electron chi connectivity index (χ0n) is 9.29. The molecule has 1 fully saturated rings. The maximum Gasteiger partial charge on any atom is 0.221 e. The van der Waals surface area contributed by atoms with E-state index < -0.39 is 0 Å². The Morgan fingerprint density at radius 2 is 2.27 bits per heavy atom. The lowest BCUT2D eigenvalue weighted by Crippen LogP contribution is -2.07. The van der Waals surface area contributed by atoms with E-state index in [1.807, 2.05) is 7.05 Å². The molecule has 0 spiro atoms. The fourth-order valence-electron chi connectivity index (χ4n) is 1.54. The van der Waals surface area contributed by atoms with Gasteiger partial charge in [0.1, 0.15) is 12.1 Å². The molecular formula is C11H17N3O. The highest BCUT2D eigenvalue weighted by Gasteiger charge is 2.23. The second kappa shape index (κ2) is 4.47. The molecule has 1 heterocycles. The van der Waals surface area contributed by atoms with Gasteiger partial charge in [-0.15, -0.1) is 0 Å². The van der Waals surface area contributed by atoms with Crippen LogP contribution >= 0.6 is 0 Å². The van der Waals surface area contributed by atoms with Crippen LogP contribution in [0.3, 0.4) is 0 Å². The van der Waals surface area contributed by atoms with E-state index in [0.29, 0.717) is 0 Å². The summed E-state index contributed by atoms with van der Waals surface area (Å²) in [6.45, 7) is 2.89. The van der Waals surface area contributed by atoms with Gasteiger partial charge in [0, 0.05) is 7.05 Å². The standard InChI is InChI=1S/C11H17N3O/c1-3-9-10(12-2)13-7-14-11(9)15-6-8-4-5-8/h7-8H,3-6H2,1-2H3,(H,12,13,14). The first kappa shape index (κ1) is 10.2. The first-order chi connectivity index (χ1) is 7.35. The lowest BCUT2D eigenvalue weighted by atomic mass is 10.2. The van der Waals surface area contributed by atoms with E-state index in [9.17, 15) is 0 Å². The SMILES string of the molecule is CCc1c(NC)ncnc1OCC1CC1. The highest BCUT2D eigenvalue weighted by Crippen LogP contribution is 2.30. The van der Waals surface area contributed by atoms with Gasteiger partial charge in [-0.3, -0.25) is 0 Å². The topological polar surface area (TPSA) is 47.0 Å². The normalized spacial score (nSPS) is 15.1. The molecule has 2 rings (SSSR count). The molecule has 82 valence electrons. The molecule has 0 aromatic carbocycles. The number of ether oxygens (including phenoxy) is 1. The van der Waals surface area contributed by atoms with Crippen LogP contribution in [0.2, 0.25) is 0 Å². The molecule has 1 aliphatic rings. The van der Waals surface area contributed by atoms with Crippen molar-refractivity contribution in [3.63, 3.8) is 0 Å². The quantitative estimate of drug-likeness (QED) is 0.800. The Labute approximate surface area is 90.1 Å². The predicted molar refractivity (Wildman–Crippen MR) is 59.2 cm³/mol. The molecule has 0 unspecified atom stereocenters. The number of hydrogen-bond acceptors (Lipinski definition) is 4. The van der Waals surface area contributed by atoms with Gasteiger partial charge < -0.3 is 10.1 Å². The lowest BCUT2D eigenvalue weighted by molar-refractivity contribution is 0.285. The smallest absolute Gasteiger partial charge is 0.221 e. The Hall–Kier alpha value is -1.32. The molecule has 1 aromatic heterocycles. The zero-order chi connectivity index (χ0) is 10.7. The zero-order valence-corrected chi connectivity index (χ0v) is 9.29. The van der Waals surface area contributed by atoms with Gasteiger partial charge in [0.05, 0.1) is 12.2 Å². The van der Waals surface area contributed by atoms with Crippen LogP contribution in [-0.2, 0) is 6.42 Å². The summed E-state index contributed by atoms with van der Waals surface area (Å²) in [5, 5.41) is 3.06. The van der Waals surface area contributed by atoms with Crippen LogP contribution in [-0.4, -0.2) is 23.6 Å². The summed E-state index contributed by atoms with van der Waals surface area (Å²) >= 11 is 0. The van der Waals surface area contributed by atoms with Gasteiger partial charge in [0.25, 0.3) is 0 Å². The van der Waals surface area contributed by atoms with Crippen LogP contribution in [0.25, 0.3) is 0 Å². The maximum atomic E-state index is 5.70. The van der Waals surface area contributed by atoms with Gasteiger partial charge in [0.2, 0.25) is 5.88 Å². The molecule has 0 bridgehead atoms. The number of anilines is 1. The van der Waals surface area contributed by atoms with Crippen LogP contribution < -0.4 is 10.1 Å². The molecule has 0 saturated heterocycles.